The number of carbonyl (C=O) groups is 2. The lowest BCUT2D eigenvalue weighted by molar-refractivity contribution is -0.141. The summed E-state index contributed by atoms with van der Waals surface area (Å²) < 4.78 is 22.4. The van der Waals surface area contributed by atoms with Gasteiger partial charge in [0.15, 0.2) is 0 Å². The molecule has 38 heavy (non-hydrogen) atoms. The number of carbonyl (C=O) groups excluding carboxylic acids is 2. The number of benzene rings is 2. The number of nitrogens with zero attached hydrogens (tertiary/aromatic N) is 2. The number of ether oxygens (including phenoxy) is 3. The van der Waals surface area contributed by atoms with Crippen molar-refractivity contribution in [2.75, 3.05) is 26.8 Å². The maximum atomic E-state index is 12.8. The second kappa shape index (κ2) is 11.7. The van der Waals surface area contributed by atoms with Crippen LogP contribution in [0.2, 0.25) is 0 Å². The predicted molar refractivity (Wildman–Crippen MR) is 143 cm³/mol. The van der Waals surface area contributed by atoms with Gasteiger partial charge >= 0.3 is 12.1 Å². The van der Waals surface area contributed by atoms with Crippen molar-refractivity contribution in [1.29, 1.82) is 0 Å². The molecule has 0 spiro atoms. The van der Waals surface area contributed by atoms with Crippen molar-refractivity contribution in [2.45, 2.75) is 52.1 Å². The molecule has 0 saturated carbocycles. The van der Waals surface area contributed by atoms with E-state index >= 15 is 0 Å². The van der Waals surface area contributed by atoms with Gasteiger partial charge in [-0.3, -0.25) is 4.79 Å². The van der Waals surface area contributed by atoms with E-state index in [0.29, 0.717) is 32.0 Å². The Morgan fingerprint density at radius 1 is 1.08 bits per heavy atom. The van der Waals surface area contributed by atoms with Crippen LogP contribution in [0, 0.1) is 12.8 Å². The molecule has 3 aromatic rings. The zero-order valence-electron chi connectivity index (χ0n) is 22.7. The third-order valence-electron chi connectivity index (χ3n) is 6.56. The number of oxazole rings is 1. The van der Waals surface area contributed by atoms with Crippen LogP contribution in [0.5, 0.6) is 5.75 Å². The monoisotopic (exact) mass is 520 g/mol. The molecule has 1 amide bonds. The van der Waals surface area contributed by atoms with Gasteiger partial charge in [-0.25, -0.2) is 9.78 Å². The number of aromatic nitrogens is 1. The fraction of sp³-hybridized carbons (Fsp3) is 0.433. The highest BCUT2D eigenvalue weighted by Gasteiger charge is 2.39. The van der Waals surface area contributed by atoms with Gasteiger partial charge in [0.25, 0.3) is 0 Å². The lowest BCUT2D eigenvalue weighted by Crippen LogP contribution is -2.35. The van der Waals surface area contributed by atoms with Gasteiger partial charge in [-0.15, -0.1) is 0 Å². The second-order valence-electron chi connectivity index (χ2n) is 10.6. The lowest BCUT2D eigenvalue weighted by Gasteiger charge is -2.24. The maximum absolute atomic E-state index is 12.8. The molecule has 1 fully saturated rings. The number of esters is 1. The Labute approximate surface area is 223 Å². The van der Waals surface area contributed by atoms with Gasteiger partial charge in [-0.2, -0.15) is 0 Å². The Kier molecular flexibility index (Phi) is 8.39. The molecule has 4 rings (SSSR count). The number of hydrogen-bond donors (Lipinski definition) is 0. The van der Waals surface area contributed by atoms with Crippen LogP contribution in [0.1, 0.15) is 50.1 Å². The van der Waals surface area contributed by atoms with E-state index in [1.165, 1.54) is 7.11 Å². The highest BCUT2D eigenvalue weighted by atomic mass is 16.6. The minimum atomic E-state index is -0.592. The van der Waals surface area contributed by atoms with Gasteiger partial charge in [-0.1, -0.05) is 30.3 Å². The van der Waals surface area contributed by atoms with Crippen molar-refractivity contribution in [2.24, 2.45) is 5.92 Å². The molecular weight excluding hydrogens is 484 g/mol. The second-order valence-corrected chi connectivity index (χ2v) is 10.6. The Balaban J connectivity index is 1.42. The summed E-state index contributed by atoms with van der Waals surface area (Å²) in [7, 11) is 1.38. The zero-order chi connectivity index (χ0) is 27.3. The Morgan fingerprint density at radius 2 is 1.84 bits per heavy atom. The Hall–Kier alpha value is -3.81. The molecule has 8 heteroatoms. The Bertz CT molecular complexity index is 1250. The maximum Gasteiger partial charge on any atom is 0.410 e. The average molecular weight is 521 g/mol. The normalized spacial score (nSPS) is 17.3. The van der Waals surface area contributed by atoms with E-state index < -0.39 is 5.60 Å². The summed E-state index contributed by atoms with van der Waals surface area (Å²) in [4.78, 5) is 31.2. The lowest BCUT2D eigenvalue weighted by atomic mass is 9.87. The molecule has 0 unspecified atom stereocenters. The highest BCUT2D eigenvalue weighted by molar-refractivity contribution is 5.71. The summed E-state index contributed by atoms with van der Waals surface area (Å²) in [6.45, 7) is 8.75. The molecule has 0 radical (unpaired) electrons. The van der Waals surface area contributed by atoms with Crippen LogP contribution in [0.4, 0.5) is 4.79 Å². The molecule has 1 aliphatic rings. The predicted octanol–water partition coefficient (Wildman–Crippen LogP) is 5.79. The van der Waals surface area contributed by atoms with E-state index in [1.54, 1.807) is 4.90 Å². The largest absolute Gasteiger partial charge is 0.493 e. The summed E-state index contributed by atoms with van der Waals surface area (Å²) in [6.07, 6.45) is 0.452. The first kappa shape index (κ1) is 27.2. The minimum Gasteiger partial charge on any atom is -0.493 e. The SMILES string of the molecule is COC(=O)C[C@H]1CN(C(=O)OC(C)(C)C)C[C@H]1c1cccc(OCCc2nc(-c3ccccc3)oc2C)c1. The molecule has 0 bridgehead atoms. The van der Waals surface area contributed by atoms with E-state index in [-0.39, 0.29) is 30.3 Å². The van der Waals surface area contributed by atoms with Gasteiger partial charge in [0.2, 0.25) is 5.89 Å². The number of amides is 1. The topological polar surface area (TPSA) is 91.1 Å². The third-order valence-corrected chi connectivity index (χ3v) is 6.56. The fourth-order valence-corrected chi connectivity index (χ4v) is 4.69. The first-order valence-electron chi connectivity index (χ1n) is 12.9. The van der Waals surface area contributed by atoms with E-state index in [2.05, 4.69) is 4.98 Å². The van der Waals surface area contributed by atoms with Crippen LogP contribution in [0.15, 0.2) is 59.0 Å². The molecular formula is C30H36N2O6. The van der Waals surface area contributed by atoms with E-state index in [4.69, 9.17) is 18.6 Å². The molecule has 2 aromatic carbocycles. The van der Waals surface area contributed by atoms with Gasteiger partial charge in [0.1, 0.15) is 17.1 Å². The van der Waals surface area contributed by atoms with Crippen LogP contribution in [0.3, 0.4) is 0 Å². The molecule has 1 aliphatic heterocycles. The molecule has 2 atom stereocenters. The highest BCUT2D eigenvalue weighted by Crippen LogP contribution is 2.37. The van der Waals surface area contributed by atoms with E-state index in [1.807, 2.05) is 82.3 Å². The first-order chi connectivity index (χ1) is 18.1. The van der Waals surface area contributed by atoms with Crippen LogP contribution < -0.4 is 4.74 Å². The van der Waals surface area contributed by atoms with Gasteiger partial charge < -0.3 is 23.5 Å². The molecule has 1 saturated heterocycles. The van der Waals surface area contributed by atoms with E-state index in [0.717, 1.165) is 28.3 Å². The molecule has 0 N–H and O–H groups in total. The van der Waals surface area contributed by atoms with Crippen LogP contribution in [-0.2, 0) is 20.7 Å². The van der Waals surface area contributed by atoms with Gasteiger partial charge in [0, 0.05) is 31.0 Å². The number of methoxy groups -OCH3 is 1. The average Bonchev–Trinajstić information content (AvgIpc) is 3.47. The van der Waals surface area contributed by atoms with Crippen molar-refractivity contribution < 1.29 is 28.2 Å². The van der Waals surface area contributed by atoms with Crippen molar-refractivity contribution in [3.8, 4) is 17.2 Å². The van der Waals surface area contributed by atoms with Crippen molar-refractivity contribution in [3.05, 3.63) is 71.6 Å². The minimum absolute atomic E-state index is 0.0450. The summed E-state index contributed by atoms with van der Waals surface area (Å²) in [5, 5.41) is 0. The molecule has 1 aromatic heterocycles. The number of likely N-dealkylation sites (tertiary alicyclic amines) is 1. The summed E-state index contributed by atoms with van der Waals surface area (Å²) >= 11 is 0. The number of aryl methyl sites for hydroxylation is 1. The number of rotatable bonds is 8. The zero-order valence-corrected chi connectivity index (χ0v) is 22.7. The molecule has 2 heterocycles. The summed E-state index contributed by atoms with van der Waals surface area (Å²) in [6, 6.07) is 17.6. The van der Waals surface area contributed by atoms with Crippen molar-refractivity contribution in [1.82, 2.24) is 9.88 Å². The number of hydrogen-bond acceptors (Lipinski definition) is 7. The quantitative estimate of drug-likeness (QED) is 0.348. The van der Waals surface area contributed by atoms with Crippen molar-refractivity contribution >= 4 is 12.1 Å². The molecule has 8 nitrogen and oxygen atoms in total. The van der Waals surface area contributed by atoms with Crippen LogP contribution in [-0.4, -0.2) is 54.4 Å². The van der Waals surface area contributed by atoms with Gasteiger partial charge in [0.05, 0.1) is 25.8 Å². The standard InChI is InChI=1S/C30H36N2O6/c1-20-26(31-28(37-20)21-10-7-6-8-11-21)14-15-36-24-13-9-12-22(16-24)25-19-32(29(34)38-30(2,3)4)18-23(25)17-27(33)35-5/h6-13,16,23,25H,14-15,17-19H2,1-5H3/t23-,25-/m0/s1. The summed E-state index contributed by atoms with van der Waals surface area (Å²) in [5.41, 5.74) is 2.22. The summed E-state index contributed by atoms with van der Waals surface area (Å²) in [5.74, 6) is 1.68. The van der Waals surface area contributed by atoms with Gasteiger partial charge in [-0.05, 0) is 63.4 Å². The van der Waals surface area contributed by atoms with Crippen LogP contribution >= 0.6 is 0 Å². The van der Waals surface area contributed by atoms with E-state index in [9.17, 15) is 9.59 Å². The first-order valence-corrected chi connectivity index (χ1v) is 12.9. The third kappa shape index (κ3) is 6.94. The Morgan fingerprint density at radius 3 is 2.55 bits per heavy atom. The van der Waals surface area contributed by atoms with Crippen LogP contribution in [0.25, 0.3) is 11.5 Å². The fourth-order valence-electron chi connectivity index (χ4n) is 4.69. The van der Waals surface area contributed by atoms with Crippen molar-refractivity contribution in [3.63, 3.8) is 0 Å². The molecule has 0 aliphatic carbocycles. The smallest absolute Gasteiger partial charge is 0.410 e. The molecule has 202 valence electrons.